The summed E-state index contributed by atoms with van der Waals surface area (Å²) < 4.78 is 4.58. The molecule has 1 aromatic heterocycles. The molecule has 1 aliphatic rings. The minimum Gasteiger partial charge on any atom is -0.444 e. The van der Waals surface area contributed by atoms with Crippen LogP contribution in [0.15, 0.2) is 24.4 Å². The molecule has 3 N–H and O–H groups in total. The van der Waals surface area contributed by atoms with E-state index >= 15 is 0 Å². The van der Waals surface area contributed by atoms with Crippen LogP contribution < -0.4 is 11.1 Å². The van der Waals surface area contributed by atoms with Gasteiger partial charge in [0.25, 0.3) is 0 Å². The number of nitrogens with one attached hydrogen (secondary N) is 1. The Balaban J connectivity index is 0.000000284. The number of primary amides is 1. The van der Waals surface area contributed by atoms with Crippen molar-refractivity contribution >= 4 is 18.0 Å². The van der Waals surface area contributed by atoms with Crippen LogP contribution in [0.1, 0.15) is 26.5 Å². The zero-order valence-electron chi connectivity index (χ0n) is 13.5. The molecule has 1 saturated heterocycles. The molecule has 1 aliphatic heterocycles. The molecule has 2 heterocycles. The second kappa shape index (κ2) is 8.11. The number of urea groups is 1. The average molecular weight is 322 g/mol. The first kappa shape index (κ1) is 18.4. The average Bonchev–Trinajstić information content (AvgIpc) is 2.74. The molecular formula is C15H22N4O4. The van der Waals surface area contributed by atoms with Gasteiger partial charge in [-0.3, -0.25) is 15.1 Å². The minimum absolute atomic E-state index is 0.158. The number of pyridine rings is 1. The maximum absolute atomic E-state index is 11.2. The first-order chi connectivity index (χ1) is 10.7. The molecule has 0 spiro atoms. The van der Waals surface area contributed by atoms with Crippen LogP contribution in [0.4, 0.5) is 9.59 Å². The van der Waals surface area contributed by atoms with Crippen LogP contribution >= 0.6 is 0 Å². The fourth-order valence-corrected chi connectivity index (χ4v) is 1.76. The van der Waals surface area contributed by atoms with Gasteiger partial charge in [0.15, 0.2) is 0 Å². The number of aromatic nitrogens is 1. The summed E-state index contributed by atoms with van der Waals surface area (Å²) in [6.45, 7) is 5.97. The molecule has 2 rings (SSSR count). The molecule has 8 heteroatoms. The maximum Gasteiger partial charge on any atom is 0.405 e. The van der Waals surface area contributed by atoms with E-state index in [2.05, 4.69) is 15.0 Å². The van der Waals surface area contributed by atoms with Crippen LogP contribution in [0, 0.1) is 0 Å². The van der Waals surface area contributed by atoms with Gasteiger partial charge in [0.2, 0.25) is 5.91 Å². The third kappa shape index (κ3) is 7.79. The number of carbonyl (C=O) groups is 3. The highest BCUT2D eigenvalue weighted by Gasteiger charge is 2.25. The zero-order valence-corrected chi connectivity index (χ0v) is 13.5. The number of carbonyl (C=O) groups excluding carboxylic acids is 3. The Kier molecular flexibility index (Phi) is 6.49. The first-order valence-corrected chi connectivity index (χ1v) is 7.14. The number of hydrogen-bond donors (Lipinski definition) is 2. The maximum atomic E-state index is 11.2. The van der Waals surface area contributed by atoms with Crippen LogP contribution in [0.3, 0.4) is 0 Å². The number of amides is 4. The van der Waals surface area contributed by atoms with Crippen LogP contribution in [-0.2, 0) is 16.0 Å². The molecule has 8 nitrogen and oxygen atoms in total. The van der Waals surface area contributed by atoms with Crippen LogP contribution in [0.2, 0.25) is 0 Å². The van der Waals surface area contributed by atoms with Crippen molar-refractivity contribution in [3.05, 3.63) is 30.1 Å². The molecule has 0 atom stereocenters. The quantitative estimate of drug-likeness (QED) is 0.807. The molecule has 1 aromatic rings. The number of rotatable bonds is 3. The summed E-state index contributed by atoms with van der Waals surface area (Å²) in [7, 11) is 0. The number of nitrogens with two attached hydrogens (primary N) is 1. The Labute approximate surface area is 135 Å². The molecule has 4 amide bonds. The monoisotopic (exact) mass is 322 g/mol. The molecule has 126 valence electrons. The Morgan fingerprint density at radius 3 is 2.48 bits per heavy atom. The Bertz CT molecular complexity index is 554. The van der Waals surface area contributed by atoms with E-state index in [1.807, 2.05) is 18.2 Å². The van der Waals surface area contributed by atoms with E-state index in [4.69, 9.17) is 5.73 Å². The van der Waals surface area contributed by atoms with Gasteiger partial charge < -0.3 is 15.4 Å². The lowest BCUT2D eigenvalue weighted by molar-refractivity contribution is -0.118. The van der Waals surface area contributed by atoms with E-state index in [0.29, 0.717) is 13.0 Å². The van der Waals surface area contributed by atoms with Gasteiger partial charge in [-0.05, 0) is 32.9 Å². The summed E-state index contributed by atoms with van der Waals surface area (Å²) in [6.07, 6.45) is 1.66. The SMILES string of the molecule is CC(C)(C)OC(N)=O.O=C1CN(CCc2ccccn2)C(=O)N1. The highest BCUT2D eigenvalue weighted by atomic mass is 16.6. The fourth-order valence-electron chi connectivity index (χ4n) is 1.76. The molecule has 0 saturated carbocycles. The summed E-state index contributed by atoms with van der Waals surface area (Å²) in [5.41, 5.74) is 5.19. The first-order valence-electron chi connectivity index (χ1n) is 7.14. The van der Waals surface area contributed by atoms with Crippen molar-refractivity contribution in [2.75, 3.05) is 13.1 Å². The normalized spacial score (nSPS) is 14.0. The predicted molar refractivity (Wildman–Crippen MR) is 83.5 cm³/mol. The van der Waals surface area contributed by atoms with Crippen molar-refractivity contribution in [3.8, 4) is 0 Å². The van der Waals surface area contributed by atoms with Gasteiger partial charge in [0.1, 0.15) is 12.1 Å². The number of imide groups is 1. The molecule has 0 bridgehead atoms. The van der Waals surface area contributed by atoms with Gasteiger partial charge in [-0.2, -0.15) is 0 Å². The Morgan fingerprint density at radius 2 is 2.09 bits per heavy atom. The smallest absolute Gasteiger partial charge is 0.405 e. The standard InChI is InChI=1S/C10H11N3O2.C5H11NO2/c14-9-7-13(10(15)12-9)6-4-8-3-1-2-5-11-8;1-5(2,3)8-4(6)7/h1-3,5H,4,6-7H2,(H,12,14,15);1-3H3,(H2,6,7). The summed E-state index contributed by atoms with van der Waals surface area (Å²) in [5, 5.41) is 2.23. The van der Waals surface area contributed by atoms with Crippen molar-refractivity contribution in [3.63, 3.8) is 0 Å². The molecule has 1 fully saturated rings. The fraction of sp³-hybridized carbons (Fsp3) is 0.467. The van der Waals surface area contributed by atoms with Gasteiger partial charge >= 0.3 is 12.1 Å². The van der Waals surface area contributed by atoms with Gasteiger partial charge in [-0.15, -0.1) is 0 Å². The van der Waals surface area contributed by atoms with Crippen LogP contribution in [-0.4, -0.2) is 46.6 Å². The van der Waals surface area contributed by atoms with E-state index in [1.165, 1.54) is 4.90 Å². The van der Waals surface area contributed by atoms with Crippen molar-refractivity contribution in [2.24, 2.45) is 5.73 Å². The number of nitrogens with zero attached hydrogens (tertiary/aromatic N) is 2. The third-order valence-electron chi connectivity index (χ3n) is 2.64. The number of hydrogen-bond acceptors (Lipinski definition) is 5. The Hall–Kier alpha value is -2.64. The van der Waals surface area contributed by atoms with Crippen molar-refractivity contribution in [1.82, 2.24) is 15.2 Å². The lowest BCUT2D eigenvalue weighted by atomic mass is 10.2. The molecule has 23 heavy (non-hydrogen) atoms. The van der Waals surface area contributed by atoms with E-state index in [0.717, 1.165) is 5.69 Å². The summed E-state index contributed by atoms with van der Waals surface area (Å²) in [5.74, 6) is -0.235. The second-order valence-electron chi connectivity index (χ2n) is 5.88. The summed E-state index contributed by atoms with van der Waals surface area (Å²) >= 11 is 0. The second-order valence-corrected chi connectivity index (χ2v) is 5.88. The van der Waals surface area contributed by atoms with Crippen molar-refractivity contribution in [2.45, 2.75) is 32.8 Å². The molecule has 0 aliphatic carbocycles. The molecular weight excluding hydrogens is 300 g/mol. The van der Waals surface area contributed by atoms with E-state index in [1.54, 1.807) is 27.0 Å². The number of ether oxygens (including phenoxy) is 1. The van der Waals surface area contributed by atoms with E-state index in [9.17, 15) is 14.4 Å². The van der Waals surface area contributed by atoms with Gasteiger partial charge in [-0.25, -0.2) is 9.59 Å². The summed E-state index contributed by atoms with van der Waals surface area (Å²) in [6, 6.07) is 5.33. The highest BCUT2D eigenvalue weighted by molar-refractivity contribution is 6.01. The highest BCUT2D eigenvalue weighted by Crippen LogP contribution is 2.05. The lowest BCUT2D eigenvalue weighted by Crippen LogP contribution is -2.30. The van der Waals surface area contributed by atoms with Gasteiger partial charge in [0.05, 0.1) is 0 Å². The van der Waals surface area contributed by atoms with Crippen molar-refractivity contribution in [1.29, 1.82) is 0 Å². The van der Waals surface area contributed by atoms with Gasteiger partial charge in [0, 0.05) is 24.9 Å². The van der Waals surface area contributed by atoms with E-state index < -0.39 is 11.7 Å². The lowest BCUT2D eigenvalue weighted by Gasteiger charge is -2.16. The molecule has 0 aromatic carbocycles. The zero-order chi connectivity index (χ0) is 17.5. The molecule has 0 radical (unpaired) electrons. The van der Waals surface area contributed by atoms with Crippen LogP contribution in [0.25, 0.3) is 0 Å². The largest absolute Gasteiger partial charge is 0.444 e. The minimum atomic E-state index is -0.725. The van der Waals surface area contributed by atoms with E-state index in [-0.39, 0.29) is 18.5 Å². The topological polar surface area (TPSA) is 115 Å². The molecule has 0 unspecified atom stereocenters. The Morgan fingerprint density at radius 1 is 1.39 bits per heavy atom. The van der Waals surface area contributed by atoms with Gasteiger partial charge in [-0.1, -0.05) is 6.07 Å². The predicted octanol–water partition coefficient (Wildman–Crippen LogP) is 1.06. The van der Waals surface area contributed by atoms with Crippen molar-refractivity contribution < 1.29 is 19.1 Å². The van der Waals surface area contributed by atoms with Crippen LogP contribution in [0.5, 0.6) is 0 Å². The third-order valence-corrected chi connectivity index (χ3v) is 2.64. The summed E-state index contributed by atoms with van der Waals surface area (Å²) in [4.78, 5) is 37.7.